The normalized spacial score (nSPS) is 13.2. The molecule has 0 aliphatic heterocycles. The molecule has 0 saturated carbocycles. The van der Waals surface area contributed by atoms with Crippen molar-refractivity contribution in [2.75, 3.05) is 5.73 Å². The van der Waals surface area contributed by atoms with E-state index in [1.54, 1.807) is 19.1 Å². The van der Waals surface area contributed by atoms with Crippen molar-refractivity contribution < 1.29 is 13.2 Å². The monoisotopic (exact) mass is 479 g/mol. The number of rotatable bonds is 3. The topological polar surface area (TPSA) is 91.7 Å². The summed E-state index contributed by atoms with van der Waals surface area (Å²) in [7, 11) is 0. The Hall–Kier alpha value is -2.82. The van der Waals surface area contributed by atoms with Crippen molar-refractivity contribution in [2.45, 2.75) is 6.92 Å². The van der Waals surface area contributed by atoms with Gasteiger partial charge in [-0.1, -0.05) is 6.07 Å². The third kappa shape index (κ3) is 3.07. The lowest BCUT2D eigenvalue weighted by Gasteiger charge is -2.08. The summed E-state index contributed by atoms with van der Waals surface area (Å²) in [5, 5.41) is 0.341. The Labute approximate surface area is 171 Å². The number of aromatic nitrogens is 5. The minimum Gasteiger partial charge on any atom is -0.421 e. The Morgan fingerprint density at radius 1 is 1.26 bits per heavy atom. The van der Waals surface area contributed by atoms with Gasteiger partial charge < -0.3 is 15.0 Å². The second-order valence-electron chi connectivity index (χ2n) is 5.69. The van der Waals surface area contributed by atoms with Crippen molar-refractivity contribution in [3.05, 3.63) is 52.0 Å². The van der Waals surface area contributed by atoms with Gasteiger partial charge >= 0.3 is 6.01 Å². The minimum atomic E-state index is -2.50. The van der Waals surface area contributed by atoms with Crippen LogP contribution in [0.2, 0.25) is 0 Å². The molecule has 136 valence electrons. The predicted octanol–water partition coefficient (Wildman–Crippen LogP) is 3.85. The quantitative estimate of drug-likeness (QED) is 0.449. The smallest absolute Gasteiger partial charge is 0.322 e. The highest BCUT2D eigenvalue weighted by atomic mass is 127. The van der Waals surface area contributed by atoms with Crippen LogP contribution < -0.4 is 10.5 Å². The molecule has 9 heteroatoms. The summed E-state index contributed by atoms with van der Waals surface area (Å²) in [4.78, 5) is 16.1. The molecular formula is C18H14FIN6O. The maximum absolute atomic E-state index is 14.8. The van der Waals surface area contributed by atoms with Gasteiger partial charge in [0.1, 0.15) is 17.8 Å². The molecule has 27 heavy (non-hydrogen) atoms. The highest BCUT2D eigenvalue weighted by molar-refractivity contribution is 14.1. The van der Waals surface area contributed by atoms with Crippen molar-refractivity contribution >= 4 is 39.4 Å². The maximum atomic E-state index is 14.8. The lowest BCUT2D eigenvalue weighted by molar-refractivity contribution is 0.410. The number of aryl methyl sites for hydroxylation is 2. The molecule has 4 aromatic rings. The third-order valence-electron chi connectivity index (χ3n) is 3.92. The first kappa shape index (κ1) is 14.3. The maximum Gasteiger partial charge on any atom is 0.322 e. The number of ether oxygens (including phenoxy) is 1. The van der Waals surface area contributed by atoms with Crippen LogP contribution in [-0.4, -0.2) is 24.5 Å². The van der Waals surface area contributed by atoms with Gasteiger partial charge in [-0.15, -0.1) is 0 Å². The molecule has 0 saturated heterocycles. The summed E-state index contributed by atoms with van der Waals surface area (Å²) in [5.74, 6) is -0.633. The average Bonchev–Trinajstić information content (AvgIpc) is 2.97. The lowest BCUT2D eigenvalue weighted by Crippen LogP contribution is -1.96. The van der Waals surface area contributed by atoms with Crippen LogP contribution in [0.1, 0.15) is 9.81 Å². The number of hydrogen-bond donors (Lipinski definition) is 1. The molecule has 1 aromatic carbocycles. The molecule has 3 aromatic heterocycles. The fourth-order valence-electron chi connectivity index (χ4n) is 2.68. The molecule has 0 spiro atoms. The fourth-order valence-corrected chi connectivity index (χ4v) is 3.49. The van der Waals surface area contributed by atoms with Gasteiger partial charge in [-0.2, -0.15) is 0 Å². The van der Waals surface area contributed by atoms with Crippen molar-refractivity contribution in [1.29, 1.82) is 0 Å². The van der Waals surface area contributed by atoms with E-state index in [1.165, 1.54) is 24.7 Å². The highest BCUT2D eigenvalue weighted by Gasteiger charge is 2.20. The number of anilines is 1. The Bertz CT molecular complexity index is 1280. The summed E-state index contributed by atoms with van der Waals surface area (Å²) in [6, 6.07) is 5.97. The number of nitrogens with zero attached hydrogens (tertiary/aromatic N) is 5. The van der Waals surface area contributed by atoms with E-state index in [4.69, 9.17) is 14.6 Å². The highest BCUT2D eigenvalue weighted by Crippen LogP contribution is 2.38. The van der Waals surface area contributed by atoms with Crippen LogP contribution in [0.25, 0.3) is 22.2 Å². The summed E-state index contributed by atoms with van der Waals surface area (Å²) < 4.78 is 45.2. The zero-order chi connectivity index (χ0) is 21.6. The summed E-state index contributed by atoms with van der Waals surface area (Å²) in [6.07, 6.45) is 2.71. The molecule has 0 aliphatic carbocycles. The Kier molecular flexibility index (Phi) is 3.55. The van der Waals surface area contributed by atoms with Gasteiger partial charge in [-0.05, 0) is 53.3 Å². The molecule has 0 aliphatic rings. The number of halogens is 2. The van der Waals surface area contributed by atoms with Gasteiger partial charge in [0.05, 0.1) is 9.09 Å². The van der Waals surface area contributed by atoms with Crippen LogP contribution in [0, 0.1) is 16.4 Å². The molecule has 4 rings (SSSR count). The zero-order valence-electron chi connectivity index (χ0n) is 16.9. The first-order chi connectivity index (χ1) is 14.2. The predicted molar refractivity (Wildman–Crippen MR) is 108 cm³/mol. The van der Waals surface area contributed by atoms with Gasteiger partial charge in [-0.3, -0.25) is 0 Å². The van der Waals surface area contributed by atoms with Crippen molar-refractivity contribution in [3.63, 3.8) is 0 Å². The molecule has 0 bridgehead atoms. The van der Waals surface area contributed by atoms with Crippen molar-refractivity contribution in [2.24, 2.45) is 6.98 Å². The molecule has 7 nitrogen and oxygen atoms in total. The Morgan fingerprint density at radius 3 is 2.85 bits per heavy atom. The number of benzene rings is 1. The average molecular weight is 479 g/mol. The minimum absolute atomic E-state index is 0.0212. The van der Waals surface area contributed by atoms with E-state index >= 15 is 0 Å². The number of hydrogen-bond acceptors (Lipinski definition) is 6. The van der Waals surface area contributed by atoms with E-state index in [2.05, 4.69) is 19.9 Å². The fraction of sp³-hybridized carbons (Fsp3) is 0.111. The van der Waals surface area contributed by atoms with Crippen LogP contribution >= 0.6 is 22.6 Å². The Morgan fingerprint density at radius 2 is 2.11 bits per heavy atom. The summed E-state index contributed by atoms with van der Waals surface area (Å²) in [6.45, 7) is -0.735. The molecule has 0 unspecified atom stereocenters. The zero-order valence-corrected chi connectivity index (χ0v) is 16.1. The summed E-state index contributed by atoms with van der Waals surface area (Å²) >= 11 is 1.89. The molecule has 0 amide bonds. The van der Waals surface area contributed by atoms with Gasteiger partial charge in [0.15, 0.2) is 11.6 Å². The SMILES string of the molecule is [2H]C([2H])([2H])n1c(I)c(-c2ccc(Oc3nccc(C)n3)c(F)c2)c2c(N)ncnc21. The second-order valence-corrected chi connectivity index (χ2v) is 6.71. The number of nitrogens with two attached hydrogens (primary N) is 1. The van der Waals surface area contributed by atoms with E-state index in [0.29, 0.717) is 25.9 Å². The van der Waals surface area contributed by atoms with E-state index in [-0.39, 0.29) is 23.2 Å². The van der Waals surface area contributed by atoms with Crippen molar-refractivity contribution in [1.82, 2.24) is 24.5 Å². The van der Waals surface area contributed by atoms with Crippen LogP contribution in [-0.2, 0) is 6.98 Å². The Balaban J connectivity index is 1.85. The van der Waals surface area contributed by atoms with Crippen LogP contribution in [0.5, 0.6) is 11.8 Å². The lowest BCUT2D eigenvalue weighted by atomic mass is 10.1. The van der Waals surface area contributed by atoms with E-state index in [1.807, 2.05) is 22.6 Å². The van der Waals surface area contributed by atoms with Crippen molar-refractivity contribution in [3.8, 4) is 22.9 Å². The van der Waals surface area contributed by atoms with E-state index in [0.717, 1.165) is 4.57 Å². The molecule has 2 N–H and O–H groups in total. The van der Waals surface area contributed by atoms with Crippen LogP contribution in [0.4, 0.5) is 10.2 Å². The van der Waals surface area contributed by atoms with E-state index in [9.17, 15) is 4.39 Å². The van der Waals surface area contributed by atoms with Gasteiger partial charge in [0.25, 0.3) is 0 Å². The molecule has 3 heterocycles. The number of fused-ring (bicyclic) bond motifs is 1. The second kappa shape index (κ2) is 6.72. The largest absolute Gasteiger partial charge is 0.421 e. The van der Waals surface area contributed by atoms with Gasteiger partial charge in [0, 0.05) is 28.5 Å². The molecule has 0 atom stereocenters. The third-order valence-corrected chi connectivity index (χ3v) is 4.94. The first-order valence-electron chi connectivity index (χ1n) is 9.25. The van der Waals surface area contributed by atoms with Gasteiger partial charge in [0.2, 0.25) is 0 Å². The summed E-state index contributed by atoms with van der Waals surface area (Å²) in [5.41, 5.74) is 7.68. The number of nitrogen functional groups attached to an aromatic ring is 1. The van der Waals surface area contributed by atoms with Crippen LogP contribution in [0.15, 0.2) is 36.8 Å². The standard InChI is InChI=1S/C18H14FIN6O/c1-9-5-6-22-18(25-9)27-12-4-3-10(7-11(12)19)13-14-16(21)23-8-24-17(14)26(2)15(13)20/h3-8H,1-2H3,(H2,21,23,24)/i2D3. The molecular weight excluding hydrogens is 462 g/mol. The van der Waals surface area contributed by atoms with E-state index < -0.39 is 12.8 Å². The molecule has 0 fully saturated rings. The first-order valence-corrected chi connectivity index (χ1v) is 8.83. The van der Waals surface area contributed by atoms with Crippen LogP contribution in [0.3, 0.4) is 0 Å². The van der Waals surface area contributed by atoms with Gasteiger partial charge in [-0.25, -0.2) is 24.3 Å². The molecule has 0 radical (unpaired) electrons.